The van der Waals surface area contributed by atoms with Crippen molar-refractivity contribution in [1.29, 1.82) is 0 Å². The van der Waals surface area contributed by atoms with E-state index in [1.807, 2.05) is 6.92 Å². The van der Waals surface area contributed by atoms with Crippen molar-refractivity contribution in [2.45, 2.75) is 162 Å². The van der Waals surface area contributed by atoms with Gasteiger partial charge in [0.15, 0.2) is 6.29 Å². The van der Waals surface area contributed by atoms with Gasteiger partial charge in [0.2, 0.25) is 0 Å². The second kappa shape index (κ2) is 11.8. The second-order valence-electron chi connectivity index (χ2n) is 17.3. The minimum Gasteiger partial charge on any atom is -0.394 e. The SMILES string of the molecule is CC(C)=CCC[C@@](C)(O)[C@H]1CC[C@]2(C)[C@@H]1[C@H](O)C[C@@H]1[C@@]3(C)CC[C@H](O[C@H]4O[C@H](CO)[C@@H](O)[C@H](O)[C@H]4O)C(C)(C)[C@H]3CC[C@]12C. The Morgan fingerprint density at radius 2 is 1.55 bits per heavy atom. The normalized spacial score (nSPS) is 51.5. The van der Waals surface area contributed by atoms with E-state index in [4.69, 9.17) is 9.47 Å². The van der Waals surface area contributed by atoms with Crippen molar-refractivity contribution in [3.8, 4) is 0 Å². The molecule has 0 aromatic rings. The molecule has 0 radical (unpaired) electrons. The van der Waals surface area contributed by atoms with Gasteiger partial charge in [0, 0.05) is 0 Å². The Kier molecular flexibility index (Phi) is 9.35. The molecule has 254 valence electrons. The van der Waals surface area contributed by atoms with Gasteiger partial charge in [0.05, 0.1) is 24.4 Å². The molecule has 0 spiro atoms. The molecule has 1 saturated heterocycles. The number of ether oxygens (including phenoxy) is 2. The van der Waals surface area contributed by atoms with Crippen LogP contribution < -0.4 is 0 Å². The first-order valence-electron chi connectivity index (χ1n) is 17.3. The predicted molar refractivity (Wildman–Crippen MR) is 168 cm³/mol. The molecule has 44 heavy (non-hydrogen) atoms. The summed E-state index contributed by atoms with van der Waals surface area (Å²) in [7, 11) is 0. The summed E-state index contributed by atoms with van der Waals surface area (Å²) in [4.78, 5) is 0. The van der Waals surface area contributed by atoms with Gasteiger partial charge in [-0.1, -0.05) is 46.3 Å². The first kappa shape index (κ1) is 34.7. The number of aliphatic hydroxyl groups excluding tert-OH is 5. The number of allylic oxidation sites excluding steroid dienone is 2. The maximum absolute atomic E-state index is 12.0. The van der Waals surface area contributed by atoms with Gasteiger partial charge in [-0.05, 0) is 124 Å². The molecule has 4 aliphatic carbocycles. The van der Waals surface area contributed by atoms with Gasteiger partial charge < -0.3 is 40.1 Å². The molecule has 5 fully saturated rings. The molecule has 0 aromatic heterocycles. The molecule has 4 saturated carbocycles. The molecular formula is C36H62O8. The largest absolute Gasteiger partial charge is 0.394 e. The molecule has 8 nitrogen and oxygen atoms in total. The lowest BCUT2D eigenvalue weighted by Gasteiger charge is -2.70. The minimum absolute atomic E-state index is 0.0231. The highest BCUT2D eigenvalue weighted by Crippen LogP contribution is 2.76. The zero-order valence-corrected chi connectivity index (χ0v) is 28.5. The molecular weight excluding hydrogens is 560 g/mol. The Morgan fingerprint density at radius 3 is 2.18 bits per heavy atom. The molecule has 0 bridgehead atoms. The smallest absolute Gasteiger partial charge is 0.186 e. The van der Waals surface area contributed by atoms with Crippen LogP contribution >= 0.6 is 0 Å². The third-order valence-electron chi connectivity index (χ3n) is 14.5. The van der Waals surface area contributed by atoms with E-state index in [0.29, 0.717) is 18.3 Å². The number of fused-ring (bicyclic) bond motifs is 5. The number of hydrogen-bond acceptors (Lipinski definition) is 8. The van der Waals surface area contributed by atoms with Crippen molar-refractivity contribution < 1.29 is 40.1 Å². The number of rotatable bonds is 7. The molecule has 6 N–H and O–H groups in total. The molecule has 0 unspecified atom stereocenters. The predicted octanol–water partition coefficient (Wildman–Crippen LogP) is 4.32. The average molecular weight is 623 g/mol. The first-order chi connectivity index (χ1) is 20.3. The second-order valence-corrected chi connectivity index (χ2v) is 17.3. The molecule has 0 amide bonds. The third-order valence-corrected chi connectivity index (χ3v) is 14.5. The summed E-state index contributed by atoms with van der Waals surface area (Å²) in [5.41, 5.74) is 0.122. The van der Waals surface area contributed by atoms with Gasteiger partial charge in [-0.3, -0.25) is 0 Å². The minimum atomic E-state index is -1.46. The Balaban J connectivity index is 1.37. The average Bonchev–Trinajstić information content (AvgIpc) is 3.32. The van der Waals surface area contributed by atoms with Crippen LogP contribution in [0.15, 0.2) is 11.6 Å². The molecule has 15 atom stereocenters. The molecule has 0 aromatic carbocycles. The summed E-state index contributed by atoms with van der Waals surface area (Å²) in [6.45, 7) is 17.5. The summed E-state index contributed by atoms with van der Waals surface area (Å²) in [5, 5.41) is 64.8. The summed E-state index contributed by atoms with van der Waals surface area (Å²) >= 11 is 0. The highest BCUT2D eigenvalue weighted by atomic mass is 16.7. The first-order valence-corrected chi connectivity index (χ1v) is 17.3. The summed E-state index contributed by atoms with van der Waals surface area (Å²) in [5.74, 6) is 0.792. The van der Waals surface area contributed by atoms with Crippen LogP contribution in [0.4, 0.5) is 0 Å². The van der Waals surface area contributed by atoms with E-state index in [1.165, 1.54) is 5.57 Å². The fraction of sp³-hybridized carbons (Fsp3) is 0.944. The summed E-state index contributed by atoms with van der Waals surface area (Å²) < 4.78 is 12.2. The van der Waals surface area contributed by atoms with E-state index in [0.717, 1.165) is 51.4 Å². The van der Waals surface area contributed by atoms with Crippen LogP contribution in [0.2, 0.25) is 0 Å². The Bertz CT molecular complexity index is 1070. The van der Waals surface area contributed by atoms with E-state index < -0.39 is 49.0 Å². The highest BCUT2D eigenvalue weighted by Gasteiger charge is 2.71. The van der Waals surface area contributed by atoms with E-state index >= 15 is 0 Å². The van der Waals surface area contributed by atoms with Gasteiger partial charge in [-0.15, -0.1) is 0 Å². The number of hydrogen-bond donors (Lipinski definition) is 6. The maximum Gasteiger partial charge on any atom is 0.186 e. The van der Waals surface area contributed by atoms with Crippen molar-refractivity contribution in [1.82, 2.24) is 0 Å². The lowest BCUT2D eigenvalue weighted by Crippen LogP contribution is -2.67. The van der Waals surface area contributed by atoms with Crippen LogP contribution in [0, 0.1) is 45.3 Å². The zero-order chi connectivity index (χ0) is 32.6. The summed E-state index contributed by atoms with van der Waals surface area (Å²) in [6.07, 6.45) is 3.15. The third kappa shape index (κ3) is 5.26. The lowest BCUT2D eigenvalue weighted by molar-refractivity contribution is -0.332. The van der Waals surface area contributed by atoms with Gasteiger partial charge in [-0.2, -0.15) is 0 Å². The van der Waals surface area contributed by atoms with Crippen LogP contribution in [0.25, 0.3) is 0 Å². The van der Waals surface area contributed by atoms with Gasteiger partial charge in [0.1, 0.15) is 24.4 Å². The van der Waals surface area contributed by atoms with E-state index in [-0.39, 0.29) is 39.6 Å². The van der Waals surface area contributed by atoms with Crippen molar-refractivity contribution >= 4 is 0 Å². The lowest BCUT2D eigenvalue weighted by atomic mass is 9.35. The topological polar surface area (TPSA) is 140 Å². The molecule has 5 rings (SSSR count). The van der Waals surface area contributed by atoms with Crippen LogP contribution in [-0.2, 0) is 9.47 Å². The maximum atomic E-state index is 12.0. The molecule has 1 heterocycles. The quantitative estimate of drug-likeness (QED) is 0.182. The molecule has 8 heteroatoms. The van der Waals surface area contributed by atoms with Crippen LogP contribution in [0.5, 0.6) is 0 Å². The van der Waals surface area contributed by atoms with Gasteiger partial charge >= 0.3 is 0 Å². The van der Waals surface area contributed by atoms with E-state index in [2.05, 4.69) is 54.5 Å². The molecule has 5 aliphatic rings. The van der Waals surface area contributed by atoms with Crippen LogP contribution in [0.3, 0.4) is 0 Å². The Labute approximate surface area is 265 Å². The fourth-order valence-corrected chi connectivity index (χ4v) is 11.9. The van der Waals surface area contributed by atoms with E-state index in [9.17, 15) is 30.6 Å². The Morgan fingerprint density at radius 1 is 0.886 bits per heavy atom. The van der Waals surface area contributed by atoms with Gasteiger partial charge in [0.25, 0.3) is 0 Å². The van der Waals surface area contributed by atoms with Crippen molar-refractivity contribution in [2.24, 2.45) is 45.3 Å². The van der Waals surface area contributed by atoms with Crippen molar-refractivity contribution in [2.75, 3.05) is 6.61 Å². The van der Waals surface area contributed by atoms with Crippen molar-refractivity contribution in [3.63, 3.8) is 0 Å². The highest BCUT2D eigenvalue weighted by molar-refractivity contribution is 5.20. The van der Waals surface area contributed by atoms with Crippen LogP contribution in [0.1, 0.15) is 113 Å². The van der Waals surface area contributed by atoms with Crippen LogP contribution in [-0.4, -0.2) is 85.8 Å². The van der Waals surface area contributed by atoms with Gasteiger partial charge in [-0.25, -0.2) is 0 Å². The van der Waals surface area contributed by atoms with Crippen molar-refractivity contribution in [3.05, 3.63) is 11.6 Å². The Hall–Kier alpha value is -0.580. The standard InChI is InChI=1S/C36H62O8/c1-20(2)10-9-14-36(8,42)21-11-16-35(7)27(21)22(38)18-25-33(5)15-13-26(32(3,4)24(33)12-17-34(25,35)6)44-31-30(41)29(40)28(39)23(19-37)43-31/h10,21-31,37-42H,9,11-19H2,1-8H3/t21-,22+,23+,24+,25+,26-,27-,28+,29-,30+,31+,33-,34+,35+,36+/m0/s1. The van der Waals surface area contributed by atoms with E-state index in [1.54, 1.807) is 0 Å². The monoisotopic (exact) mass is 622 g/mol. The number of aliphatic hydroxyl groups is 6. The fourth-order valence-electron chi connectivity index (χ4n) is 11.9. The summed E-state index contributed by atoms with van der Waals surface area (Å²) in [6, 6.07) is 0. The zero-order valence-electron chi connectivity index (χ0n) is 28.5. The molecule has 1 aliphatic heterocycles.